The van der Waals surface area contributed by atoms with Gasteiger partial charge in [-0.05, 0) is 55.5 Å². The Bertz CT molecular complexity index is 881. The highest BCUT2D eigenvalue weighted by Crippen LogP contribution is 2.24. The standard InChI is InChI=1S/C19H17ClN2O3/c1-13(3-2-10-23)24-15-5-7-16(8-6-15)25-19-12-21-18-11-14(20)4-9-17(18)22-19/h2-9,11-13,23H,10H2,1H3/b3-2+. The molecule has 2 aromatic carbocycles. The minimum absolute atomic E-state index is 0.000519. The molecule has 128 valence electrons. The number of rotatable bonds is 6. The third-order valence-corrected chi connectivity index (χ3v) is 3.60. The van der Waals surface area contributed by atoms with Crippen LogP contribution in [0.25, 0.3) is 11.0 Å². The summed E-state index contributed by atoms with van der Waals surface area (Å²) in [5.74, 6) is 1.75. The Labute approximate surface area is 150 Å². The Morgan fingerprint density at radius 3 is 2.64 bits per heavy atom. The summed E-state index contributed by atoms with van der Waals surface area (Å²) >= 11 is 5.94. The molecule has 0 fully saturated rings. The average Bonchev–Trinajstić information content (AvgIpc) is 2.62. The number of hydrogen-bond acceptors (Lipinski definition) is 5. The van der Waals surface area contributed by atoms with E-state index >= 15 is 0 Å². The second kappa shape index (κ2) is 7.96. The van der Waals surface area contributed by atoms with E-state index in [-0.39, 0.29) is 12.7 Å². The normalized spacial score (nSPS) is 12.4. The van der Waals surface area contributed by atoms with Crippen LogP contribution in [0.15, 0.2) is 60.8 Å². The molecule has 0 radical (unpaired) electrons. The van der Waals surface area contributed by atoms with Crippen LogP contribution >= 0.6 is 11.6 Å². The molecule has 3 aromatic rings. The molecule has 0 bridgehead atoms. The van der Waals surface area contributed by atoms with Gasteiger partial charge in [0, 0.05) is 5.02 Å². The van der Waals surface area contributed by atoms with Crippen molar-refractivity contribution >= 4 is 22.6 Å². The van der Waals surface area contributed by atoms with Crippen LogP contribution in [0.4, 0.5) is 0 Å². The topological polar surface area (TPSA) is 64.5 Å². The summed E-state index contributed by atoms with van der Waals surface area (Å²) < 4.78 is 11.4. The predicted octanol–water partition coefficient (Wildman–Crippen LogP) is 4.39. The zero-order valence-corrected chi connectivity index (χ0v) is 14.3. The molecule has 1 atom stereocenters. The maximum atomic E-state index is 8.76. The van der Waals surface area contributed by atoms with Crippen LogP contribution in [0, 0.1) is 0 Å². The number of benzene rings is 2. The average molecular weight is 357 g/mol. The molecule has 0 saturated carbocycles. The molecular weight excluding hydrogens is 340 g/mol. The first kappa shape index (κ1) is 17.2. The van der Waals surface area contributed by atoms with Crippen molar-refractivity contribution in [2.24, 2.45) is 0 Å². The molecule has 5 nitrogen and oxygen atoms in total. The zero-order chi connectivity index (χ0) is 17.6. The van der Waals surface area contributed by atoms with E-state index in [9.17, 15) is 0 Å². The highest BCUT2D eigenvalue weighted by atomic mass is 35.5. The van der Waals surface area contributed by atoms with E-state index in [4.69, 9.17) is 26.2 Å². The highest BCUT2D eigenvalue weighted by Gasteiger charge is 2.05. The van der Waals surface area contributed by atoms with Gasteiger partial charge < -0.3 is 14.6 Å². The second-order valence-corrected chi connectivity index (χ2v) is 5.78. The molecule has 6 heteroatoms. The maximum absolute atomic E-state index is 8.76. The lowest BCUT2D eigenvalue weighted by Gasteiger charge is -2.11. The van der Waals surface area contributed by atoms with Gasteiger partial charge in [0.05, 0.1) is 23.8 Å². The van der Waals surface area contributed by atoms with Crippen LogP contribution in [0.2, 0.25) is 5.02 Å². The van der Waals surface area contributed by atoms with Gasteiger partial charge in [0.2, 0.25) is 5.88 Å². The van der Waals surface area contributed by atoms with Crippen molar-refractivity contribution in [2.75, 3.05) is 6.61 Å². The van der Waals surface area contributed by atoms with Crippen molar-refractivity contribution in [3.63, 3.8) is 0 Å². The summed E-state index contributed by atoms with van der Waals surface area (Å²) in [4.78, 5) is 8.71. The van der Waals surface area contributed by atoms with Gasteiger partial charge in [0.1, 0.15) is 17.6 Å². The number of aromatic nitrogens is 2. The Morgan fingerprint density at radius 1 is 1.12 bits per heavy atom. The Kier molecular flexibility index (Phi) is 5.48. The number of hydrogen-bond donors (Lipinski definition) is 1. The van der Waals surface area contributed by atoms with Crippen LogP contribution in [0.5, 0.6) is 17.4 Å². The van der Waals surface area contributed by atoms with Gasteiger partial charge in [-0.1, -0.05) is 17.7 Å². The van der Waals surface area contributed by atoms with Gasteiger partial charge >= 0.3 is 0 Å². The third kappa shape index (κ3) is 4.68. The van der Waals surface area contributed by atoms with Crippen molar-refractivity contribution in [3.8, 4) is 17.4 Å². The maximum Gasteiger partial charge on any atom is 0.238 e. The summed E-state index contributed by atoms with van der Waals surface area (Å²) in [5.41, 5.74) is 1.43. The molecule has 0 amide bonds. The summed E-state index contributed by atoms with van der Waals surface area (Å²) in [6, 6.07) is 12.5. The molecule has 0 aliphatic heterocycles. The van der Waals surface area contributed by atoms with E-state index in [1.165, 1.54) is 0 Å². The molecule has 25 heavy (non-hydrogen) atoms. The fourth-order valence-electron chi connectivity index (χ4n) is 2.23. The van der Waals surface area contributed by atoms with E-state index in [1.54, 1.807) is 48.7 Å². The lowest BCUT2D eigenvalue weighted by atomic mass is 10.3. The van der Waals surface area contributed by atoms with Crippen molar-refractivity contribution in [1.82, 2.24) is 9.97 Å². The molecule has 3 rings (SSSR count). The number of ether oxygens (including phenoxy) is 2. The van der Waals surface area contributed by atoms with Crippen molar-refractivity contribution in [3.05, 3.63) is 65.8 Å². The van der Waals surface area contributed by atoms with Crippen LogP contribution in [-0.2, 0) is 0 Å². The number of aliphatic hydroxyl groups is 1. The monoisotopic (exact) mass is 356 g/mol. The summed E-state index contributed by atoms with van der Waals surface area (Å²) in [7, 11) is 0. The molecule has 0 saturated heterocycles. The largest absolute Gasteiger partial charge is 0.487 e. The van der Waals surface area contributed by atoms with Crippen molar-refractivity contribution in [1.29, 1.82) is 0 Å². The van der Waals surface area contributed by atoms with Crippen LogP contribution in [-0.4, -0.2) is 27.8 Å². The van der Waals surface area contributed by atoms with Gasteiger partial charge in [-0.2, -0.15) is 0 Å². The molecule has 1 heterocycles. The molecule has 0 aliphatic carbocycles. The minimum Gasteiger partial charge on any atom is -0.487 e. The summed E-state index contributed by atoms with van der Waals surface area (Å²) in [6.45, 7) is 1.90. The van der Waals surface area contributed by atoms with Crippen LogP contribution in [0.3, 0.4) is 0 Å². The first-order valence-electron chi connectivity index (χ1n) is 7.78. The Hall–Kier alpha value is -2.63. The first-order valence-corrected chi connectivity index (χ1v) is 8.16. The lowest BCUT2D eigenvalue weighted by molar-refractivity contribution is 0.267. The molecule has 1 aromatic heterocycles. The third-order valence-electron chi connectivity index (χ3n) is 3.36. The van der Waals surface area contributed by atoms with E-state index < -0.39 is 0 Å². The smallest absolute Gasteiger partial charge is 0.238 e. The van der Waals surface area contributed by atoms with Crippen LogP contribution in [0.1, 0.15) is 6.92 Å². The number of aliphatic hydroxyl groups excluding tert-OH is 1. The van der Waals surface area contributed by atoms with E-state index in [0.717, 1.165) is 0 Å². The van der Waals surface area contributed by atoms with E-state index in [0.29, 0.717) is 33.4 Å². The molecule has 0 spiro atoms. The fourth-order valence-corrected chi connectivity index (χ4v) is 2.40. The van der Waals surface area contributed by atoms with Crippen molar-refractivity contribution < 1.29 is 14.6 Å². The lowest BCUT2D eigenvalue weighted by Crippen LogP contribution is -2.08. The van der Waals surface area contributed by atoms with Gasteiger partial charge in [-0.25, -0.2) is 9.97 Å². The molecule has 1 unspecified atom stereocenters. The number of halogens is 1. The number of nitrogens with zero attached hydrogens (tertiary/aromatic N) is 2. The Morgan fingerprint density at radius 2 is 1.88 bits per heavy atom. The fraction of sp³-hybridized carbons (Fsp3) is 0.158. The summed E-state index contributed by atoms with van der Waals surface area (Å²) in [5, 5.41) is 9.38. The molecule has 1 N–H and O–H groups in total. The minimum atomic E-state index is -0.128. The predicted molar refractivity (Wildman–Crippen MR) is 97.4 cm³/mol. The van der Waals surface area contributed by atoms with Gasteiger partial charge in [-0.15, -0.1) is 0 Å². The second-order valence-electron chi connectivity index (χ2n) is 5.35. The van der Waals surface area contributed by atoms with Gasteiger partial charge in [0.25, 0.3) is 0 Å². The SMILES string of the molecule is CC(/C=C/CO)Oc1ccc(Oc2cnc3cc(Cl)ccc3n2)cc1. The van der Waals surface area contributed by atoms with E-state index in [2.05, 4.69) is 9.97 Å². The van der Waals surface area contributed by atoms with Gasteiger partial charge in [0.15, 0.2) is 0 Å². The van der Waals surface area contributed by atoms with Crippen molar-refractivity contribution in [2.45, 2.75) is 13.0 Å². The molecule has 0 aliphatic rings. The quantitative estimate of drug-likeness (QED) is 0.663. The first-order chi connectivity index (χ1) is 12.1. The molecular formula is C19H17ClN2O3. The summed E-state index contributed by atoms with van der Waals surface area (Å²) in [6.07, 6.45) is 4.87. The number of fused-ring (bicyclic) bond motifs is 1. The van der Waals surface area contributed by atoms with Crippen LogP contribution < -0.4 is 9.47 Å². The Balaban J connectivity index is 1.69. The highest BCUT2D eigenvalue weighted by molar-refractivity contribution is 6.31. The van der Waals surface area contributed by atoms with E-state index in [1.807, 2.05) is 19.1 Å². The zero-order valence-electron chi connectivity index (χ0n) is 13.6. The van der Waals surface area contributed by atoms with Gasteiger partial charge in [-0.3, -0.25) is 0 Å².